The Hall–Kier alpha value is -0.783. The summed E-state index contributed by atoms with van der Waals surface area (Å²) >= 11 is 18.6. The van der Waals surface area contributed by atoms with Crippen LogP contribution in [0, 0.1) is 12.0 Å². The Morgan fingerprint density at radius 1 is 1.00 bits per heavy atom. The summed E-state index contributed by atoms with van der Waals surface area (Å²) in [6.45, 7) is 7.47. The van der Waals surface area contributed by atoms with E-state index in [1.165, 1.54) is 0 Å². The summed E-state index contributed by atoms with van der Waals surface area (Å²) in [5.41, 5.74) is 1.73. The number of allylic oxidation sites excluding steroid dienone is 2. The fraction of sp³-hybridized carbons (Fsp3) is 0.429. The molecule has 0 saturated carbocycles. The molecule has 0 N–H and O–H groups in total. The summed E-state index contributed by atoms with van der Waals surface area (Å²) in [6.07, 6.45) is 3.89. The van der Waals surface area contributed by atoms with E-state index in [4.69, 9.17) is 54.9 Å². The number of thiocarbonyl (C=S) groups is 3. The van der Waals surface area contributed by atoms with Crippen molar-refractivity contribution in [3.8, 4) is 0 Å². The highest BCUT2D eigenvalue weighted by molar-refractivity contribution is 7.90. The van der Waals surface area contributed by atoms with Gasteiger partial charge in [0.15, 0.2) is 0 Å². The monoisotopic (exact) mass is 494 g/mol. The maximum Gasteiger partial charge on any atom is 0.500 e. The Morgan fingerprint density at radius 3 is 2.23 bits per heavy atom. The zero-order valence-electron chi connectivity index (χ0n) is 17.2. The zero-order valence-corrected chi connectivity index (χ0v) is 21.5. The molecule has 0 saturated heterocycles. The summed E-state index contributed by atoms with van der Waals surface area (Å²) in [5.74, 6) is -0.154. The summed E-state index contributed by atoms with van der Waals surface area (Å²) in [5, 5.41) is 0.832. The van der Waals surface area contributed by atoms with Gasteiger partial charge in [0.05, 0.1) is 15.1 Å². The van der Waals surface area contributed by atoms with Gasteiger partial charge in [-0.15, -0.1) is 11.3 Å². The van der Waals surface area contributed by atoms with Gasteiger partial charge in [-0.2, -0.15) is 0 Å². The van der Waals surface area contributed by atoms with Crippen LogP contribution in [-0.4, -0.2) is 48.2 Å². The molecule has 0 aliphatic heterocycles. The van der Waals surface area contributed by atoms with Crippen molar-refractivity contribution in [3.05, 3.63) is 35.3 Å². The Kier molecular flexibility index (Phi) is 8.51. The number of hydrogen-bond donors (Lipinski definition) is 0. The van der Waals surface area contributed by atoms with Gasteiger partial charge < -0.3 is 13.3 Å². The lowest BCUT2D eigenvalue weighted by Crippen LogP contribution is -2.47. The Labute approximate surface area is 199 Å². The third-order valence-corrected chi connectivity index (χ3v) is 10.3. The van der Waals surface area contributed by atoms with Crippen LogP contribution in [0.3, 0.4) is 0 Å². The molecule has 0 amide bonds. The number of fused-ring (bicyclic) bond motifs is 1. The number of rotatable bonds is 10. The van der Waals surface area contributed by atoms with E-state index in [9.17, 15) is 0 Å². The number of hydrogen-bond acceptors (Lipinski definition) is 8. The molecule has 1 atom stereocenters. The quantitative estimate of drug-likeness (QED) is 0.312. The zero-order chi connectivity index (χ0) is 21.7. The van der Waals surface area contributed by atoms with E-state index in [2.05, 4.69) is 12.1 Å². The molecule has 0 bridgehead atoms. The molecule has 1 unspecified atom stereocenters. The number of nitrogens with zero attached hydrogens (tertiary/aromatic N) is 1. The molecule has 2 aromatic rings. The Bertz CT molecular complexity index is 938. The molecular weight excluding hydrogens is 471 g/mol. The van der Waals surface area contributed by atoms with E-state index in [1.807, 2.05) is 39.0 Å². The minimum absolute atomic E-state index is 0.154. The molecule has 0 fully saturated rings. The maximum atomic E-state index is 5.99. The molecule has 1 aliphatic rings. The van der Waals surface area contributed by atoms with Crippen LogP contribution in [0.25, 0.3) is 15.8 Å². The first-order valence-electron chi connectivity index (χ1n) is 9.98. The smallest absolute Gasteiger partial charge is 0.374 e. The number of aromatic nitrogens is 1. The largest absolute Gasteiger partial charge is 0.500 e. The first kappa shape index (κ1) is 23.9. The molecule has 4 nitrogen and oxygen atoms in total. The molecule has 1 radical (unpaired) electrons. The average Bonchev–Trinajstić information content (AvgIpc) is 3.15. The molecule has 1 aromatic heterocycles. The maximum absolute atomic E-state index is 5.99. The van der Waals surface area contributed by atoms with Gasteiger partial charge >= 0.3 is 8.80 Å². The molecule has 1 aromatic carbocycles. The van der Waals surface area contributed by atoms with E-state index >= 15 is 0 Å². The summed E-state index contributed by atoms with van der Waals surface area (Å²) in [7, 11) is -2.79. The fourth-order valence-electron chi connectivity index (χ4n) is 3.41. The van der Waals surface area contributed by atoms with Crippen molar-refractivity contribution in [2.75, 3.05) is 19.8 Å². The van der Waals surface area contributed by atoms with Gasteiger partial charge in [0.1, 0.15) is 5.01 Å². The minimum Gasteiger partial charge on any atom is -0.374 e. The lowest BCUT2D eigenvalue weighted by atomic mass is 9.86. The highest BCUT2D eigenvalue weighted by Gasteiger charge is 2.42. The van der Waals surface area contributed by atoms with Crippen LogP contribution in [0.2, 0.25) is 6.04 Å². The van der Waals surface area contributed by atoms with Crippen molar-refractivity contribution in [3.63, 3.8) is 0 Å². The van der Waals surface area contributed by atoms with Crippen molar-refractivity contribution in [1.82, 2.24) is 4.98 Å². The second-order valence-corrected chi connectivity index (χ2v) is 11.7. The first-order valence-corrected chi connectivity index (χ1v) is 14.0. The van der Waals surface area contributed by atoms with Gasteiger partial charge in [0.25, 0.3) is 0 Å². The SMILES string of the molecule is CCO[Si](CCC1C(=S)C(=S)[C]=C(c2nc3ccccc3s2)C1=S)(OCC)OCC. The Morgan fingerprint density at radius 2 is 1.63 bits per heavy atom. The average molecular weight is 495 g/mol. The van der Waals surface area contributed by atoms with Crippen LogP contribution in [0.4, 0.5) is 0 Å². The third kappa shape index (κ3) is 5.16. The second-order valence-electron chi connectivity index (χ2n) is 6.62. The highest BCUT2D eigenvalue weighted by atomic mass is 32.1. The summed E-state index contributed by atoms with van der Waals surface area (Å²) in [6, 6.07) is 8.65. The molecule has 0 spiro atoms. The van der Waals surface area contributed by atoms with E-state index in [1.54, 1.807) is 11.3 Å². The van der Waals surface area contributed by atoms with Crippen molar-refractivity contribution in [2.24, 2.45) is 5.92 Å². The molecule has 30 heavy (non-hydrogen) atoms. The fourth-order valence-corrected chi connectivity index (χ4v) is 8.09. The normalized spacial score (nSPS) is 17.6. The van der Waals surface area contributed by atoms with E-state index in [0.717, 1.165) is 25.7 Å². The van der Waals surface area contributed by atoms with E-state index in [0.29, 0.717) is 42.0 Å². The standard InChI is InChI=1S/C21H24NO3S4Si/c1-4-23-30(24-5-2,25-6-3)12-11-14-19(27)15(13-17(26)20(14)28)21-22-16-9-7-8-10-18(16)29-21/h7-10,14H,4-6,11-12H2,1-3H3. The molecule has 159 valence electrons. The van der Waals surface area contributed by atoms with E-state index < -0.39 is 8.80 Å². The van der Waals surface area contributed by atoms with Crippen molar-refractivity contribution in [1.29, 1.82) is 0 Å². The molecule has 9 heteroatoms. The van der Waals surface area contributed by atoms with Gasteiger partial charge in [-0.3, -0.25) is 0 Å². The third-order valence-electron chi connectivity index (χ3n) is 4.68. The number of thiazole rings is 1. The van der Waals surface area contributed by atoms with Crippen LogP contribution in [0.1, 0.15) is 32.2 Å². The highest BCUT2D eigenvalue weighted by Crippen LogP contribution is 2.35. The lowest BCUT2D eigenvalue weighted by Gasteiger charge is -2.31. The summed E-state index contributed by atoms with van der Waals surface area (Å²) in [4.78, 5) is 6.67. The van der Waals surface area contributed by atoms with Crippen molar-refractivity contribution in [2.45, 2.75) is 33.2 Å². The van der Waals surface area contributed by atoms with Crippen LogP contribution in [-0.2, 0) is 13.3 Å². The van der Waals surface area contributed by atoms with E-state index in [-0.39, 0.29) is 5.92 Å². The predicted molar refractivity (Wildman–Crippen MR) is 138 cm³/mol. The lowest BCUT2D eigenvalue weighted by molar-refractivity contribution is 0.0706. The van der Waals surface area contributed by atoms with Gasteiger partial charge in [0, 0.05) is 53.2 Å². The van der Waals surface area contributed by atoms with Crippen LogP contribution >= 0.6 is 48.0 Å². The topological polar surface area (TPSA) is 40.6 Å². The predicted octanol–water partition coefficient (Wildman–Crippen LogP) is 5.66. The molecule has 1 aliphatic carbocycles. The van der Waals surface area contributed by atoms with Gasteiger partial charge in [-0.1, -0.05) is 48.8 Å². The van der Waals surface area contributed by atoms with Gasteiger partial charge in [-0.05, 0) is 39.3 Å². The first-order chi connectivity index (χ1) is 14.4. The molecule has 3 rings (SSSR count). The molecule has 1 heterocycles. The number of para-hydroxylation sites is 1. The number of benzene rings is 1. The summed E-state index contributed by atoms with van der Waals surface area (Å²) < 4.78 is 19.1. The van der Waals surface area contributed by atoms with Gasteiger partial charge in [0.2, 0.25) is 0 Å². The van der Waals surface area contributed by atoms with Crippen LogP contribution in [0.15, 0.2) is 24.3 Å². The van der Waals surface area contributed by atoms with Crippen molar-refractivity contribution < 1.29 is 13.3 Å². The second kappa shape index (κ2) is 10.7. The van der Waals surface area contributed by atoms with Crippen LogP contribution < -0.4 is 0 Å². The van der Waals surface area contributed by atoms with Crippen molar-refractivity contribution >= 4 is 87.2 Å². The minimum atomic E-state index is -2.79. The molecular formula is C21H24NO3S4Si. The Balaban J connectivity index is 1.86. The van der Waals surface area contributed by atoms with Crippen LogP contribution in [0.5, 0.6) is 0 Å². The van der Waals surface area contributed by atoms with Gasteiger partial charge in [-0.25, -0.2) is 4.98 Å².